The maximum atomic E-state index is 15.0. The Kier molecular flexibility index (Phi) is 7.65. The van der Waals surface area contributed by atoms with Gasteiger partial charge in [-0.25, -0.2) is 23.5 Å². The predicted octanol–water partition coefficient (Wildman–Crippen LogP) is 5.72. The molecule has 214 valence electrons. The van der Waals surface area contributed by atoms with Crippen LogP contribution in [0.2, 0.25) is 0 Å². The summed E-state index contributed by atoms with van der Waals surface area (Å²) in [7, 11) is 0. The van der Waals surface area contributed by atoms with Gasteiger partial charge in [0.05, 0.1) is 30.5 Å². The van der Waals surface area contributed by atoms with Gasteiger partial charge in [-0.1, -0.05) is 5.16 Å². The Morgan fingerprint density at radius 2 is 1.88 bits per heavy atom. The summed E-state index contributed by atoms with van der Waals surface area (Å²) in [6.07, 6.45) is 2.47. The van der Waals surface area contributed by atoms with E-state index >= 15 is 0 Å². The van der Waals surface area contributed by atoms with Gasteiger partial charge in [0.25, 0.3) is 0 Å². The third kappa shape index (κ3) is 6.03. The van der Waals surface area contributed by atoms with Crippen LogP contribution < -0.4 is 9.64 Å². The molecule has 0 unspecified atom stereocenters. The molecule has 0 atom stereocenters. The van der Waals surface area contributed by atoms with Gasteiger partial charge in [-0.3, -0.25) is 0 Å². The Morgan fingerprint density at radius 1 is 1.12 bits per heavy atom. The Morgan fingerprint density at radius 3 is 2.58 bits per heavy atom. The number of aromatic nitrogens is 3. The number of ether oxygens (including phenoxy) is 2. The number of amides is 1. The average Bonchev–Trinajstić information content (AvgIpc) is 3.37. The van der Waals surface area contributed by atoms with Crippen LogP contribution in [0.3, 0.4) is 0 Å². The lowest BCUT2D eigenvalue weighted by Crippen LogP contribution is -2.41. The summed E-state index contributed by atoms with van der Waals surface area (Å²) >= 11 is 0. The third-order valence-corrected chi connectivity index (χ3v) is 7.08. The van der Waals surface area contributed by atoms with Gasteiger partial charge in [-0.2, -0.15) is 0 Å². The minimum Gasteiger partial charge on any atom is -0.486 e. The van der Waals surface area contributed by atoms with Gasteiger partial charge in [-0.15, -0.1) is 0 Å². The zero-order valence-corrected chi connectivity index (χ0v) is 23.5. The highest BCUT2D eigenvalue weighted by Crippen LogP contribution is 2.39. The summed E-state index contributed by atoms with van der Waals surface area (Å²) in [6.45, 7) is 11.7. The van der Waals surface area contributed by atoms with E-state index in [4.69, 9.17) is 14.0 Å². The summed E-state index contributed by atoms with van der Waals surface area (Å²) < 4.78 is 46.4. The first-order chi connectivity index (χ1) is 19.0. The van der Waals surface area contributed by atoms with Crippen molar-refractivity contribution < 1.29 is 27.6 Å². The largest absolute Gasteiger partial charge is 0.486 e. The zero-order valence-electron chi connectivity index (χ0n) is 23.5. The van der Waals surface area contributed by atoms with Crippen LogP contribution in [-0.4, -0.2) is 64.0 Å². The molecule has 11 heteroatoms. The van der Waals surface area contributed by atoms with Gasteiger partial charge in [-0.05, 0) is 59.6 Å². The highest BCUT2D eigenvalue weighted by molar-refractivity contribution is 5.72. The average molecular weight is 556 g/mol. The van der Waals surface area contributed by atoms with Crippen LogP contribution in [0.15, 0.2) is 28.9 Å². The van der Waals surface area contributed by atoms with Crippen molar-refractivity contribution in [3.05, 3.63) is 53.3 Å². The third-order valence-electron chi connectivity index (χ3n) is 7.08. The van der Waals surface area contributed by atoms with Crippen LogP contribution in [0.1, 0.15) is 70.7 Å². The first-order valence-electron chi connectivity index (χ1n) is 13.7. The second-order valence-electron chi connectivity index (χ2n) is 11.6. The maximum Gasteiger partial charge on any atom is 0.410 e. The summed E-state index contributed by atoms with van der Waals surface area (Å²) in [4.78, 5) is 24.6. The number of likely N-dealkylation sites (tertiary alicyclic amines) is 1. The molecule has 2 aromatic heterocycles. The van der Waals surface area contributed by atoms with E-state index in [-0.39, 0.29) is 35.9 Å². The molecule has 0 N–H and O–H groups in total. The van der Waals surface area contributed by atoms with E-state index in [1.807, 2.05) is 45.6 Å². The van der Waals surface area contributed by atoms with Gasteiger partial charge >= 0.3 is 6.09 Å². The van der Waals surface area contributed by atoms with Crippen molar-refractivity contribution in [1.82, 2.24) is 20.0 Å². The number of hydrogen-bond donors (Lipinski definition) is 0. The molecule has 5 rings (SSSR count). The minimum atomic E-state index is -0.647. The monoisotopic (exact) mass is 555 g/mol. The number of hydrogen-bond acceptors (Lipinski definition) is 8. The summed E-state index contributed by atoms with van der Waals surface area (Å²) in [5, 5.41) is 4.24. The van der Waals surface area contributed by atoms with Crippen LogP contribution in [0, 0.1) is 11.6 Å². The fourth-order valence-corrected chi connectivity index (χ4v) is 5.11. The van der Waals surface area contributed by atoms with Crippen molar-refractivity contribution in [2.75, 3.05) is 31.1 Å². The molecule has 40 heavy (non-hydrogen) atoms. The second kappa shape index (κ2) is 11.0. The molecule has 0 bridgehead atoms. The second-order valence-corrected chi connectivity index (χ2v) is 11.6. The van der Waals surface area contributed by atoms with Crippen molar-refractivity contribution in [3.8, 4) is 17.0 Å². The SMILES string of the molecule is CC(C)N1CCOc2c(F)cc(-c3nc(Cc4cc(C5CCN(C(=O)OC(C)(C)C)CC5)no4)ncc3F)cc21. The van der Waals surface area contributed by atoms with Gasteiger partial charge in [0.2, 0.25) is 0 Å². The van der Waals surface area contributed by atoms with E-state index in [9.17, 15) is 13.6 Å². The molecular weight excluding hydrogens is 520 g/mol. The number of anilines is 1. The van der Waals surface area contributed by atoms with Crippen molar-refractivity contribution >= 4 is 11.8 Å². The van der Waals surface area contributed by atoms with Crippen molar-refractivity contribution in [2.45, 2.75) is 71.4 Å². The molecule has 0 saturated carbocycles. The maximum absolute atomic E-state index is 15.0. The van der Waals surface area contributed by atoms with Gasteiger partial charge in [0.1, 0.15) is 29.5 Å². The number of piperidine rings is 1. The fourth-order valence-electron chi connectivity index (χ4n) is 5.11. The number of fused-ring (bicyclic) bond motifs is 1. The van der Waals surface area contributed by atoms with E-state index in [0.717, 1.165) is 24.7 Å². The van der Waals surface area contributed by atoms with Crippen LogP contribution in [0.25, 0.3) is 11.3 Å². The Labute approximate surface area is 232 Å². The molecule has 2 aliphatic heterocycles. The molecule has 4 heterocycles. The Balaban J connectivity index is 1.29. The number of rotatable bonds is 5. The number of benzene rings is 1. The molecule has 1 amide bonds. The fraction of sp³-hybridized carbons (Fsp3) is 0.517. The van der Waals surface area contributed by atoms with Crippen molar-refractivity contribution in [1.29, 1.82) is 0 Å². The summed E-state index contributed by atoms with van der Waals surface area (Å²) in [5.41, 5.74) is 1.16. The Bertz CT molecular complexity index is 1380. The Hall–Kier alpha value is -3.76. The highest BCUT2D eigenvalue weighted by Gasteiger charge is 2.29. The molecule has 1 saturated heterocycles. The molecule has 0 radical (unpaired) electrons. The standard InChI is InChI=1S/C29H35F2N5O4/c1-17(2)36-10-11-38-27-21(30)12-19(13-24(27)36)26-22(31)16-32-25(33-26)15-20-14-23(34-40-20)18-6-8-35(9-7-18)28(37)39-29(3,4)5/h12-14,16-18H,6-11,15H2,1-5H3. The smallest absolute Gasteiger partial charge is 0.410 e. The van der Waals surface area contributed by atoms with Crippen LogP contribution in [0.5, 0.6) is 5.75 Å². The molecule has 9 nitrogen and oxygen atoms in total. The molecular formula is C29H35F2N5O4. The first-order valence-corrected chi connectivity index (χ1v) is 13.7. The number of carbonyl (C=O) groups is 1. The summed E-state index contributed by atoms with van der Waals surface area (Å²) in [5.74, 6) is -0.0250. The van der Waals surface area contributed by atoms with Gasteiger partial charge < -0.3 is 23.8 Å². The molecule has 0 aliphatic carbocycles. The van der Waals surface area contributed by atoms with E-state index < -0.39 is 17.2 Å². The quantitative estimate of drug-likeness (QED) is 0.395. The van der Waals surface area contributed by atoms with Crippen molar-refractivity contribution in [2.24, 2.45) is 0 Å². The minimum absolute atomic E-state index is 0.00948. The van der Waals surface area contributed by atoms with E-state index in [1.165, 1.54) is 6.07 Å². The van der Waals surface area contributed by atoms with Crippen molar-refractivity contribution in [3.63, 3.8) is 0 Å². The summed E-state index contributed by atoms with van der Waals surface area (Å²) in [6, 6.07) is 4.93. The lowest BCUT2D eigenvalue weighted by atomic mass is 9.93. The zero-order chi connectivity index (χ0) is 28.6. The number of halogens is 2. The highest BCUT2D eigenvalue weighted by atomic mass is 19.1. The number of carbonyl (C=O) groups excluding carboxylic acids is 1. The van der Waals surface area contributed by atoms with Crippen LogP contribution in [0.4, 0.5) is 19.3 Å². The molecule has 0 spiro atoms. The number of nitrogens with zero attached hydrogens (tertiary/aromatic N) is 5. The molecule has 1 fully saturated rings. The first kappa shape index (κ1) is 27.8. The van der Waals surface area contributed by atoms with E-state index in [1.54, 1.807) is 11.0 Å². The predicted molar refractivity (Wildman–Crippen MR) is 144 cm³/mol. The van der Waals surface area contributed by atoms with Crippen LogP contribution in [-0.2, 0) is 11.2 Å². The lowest BCUT2D eigenvalue weighted by molar-refractivity contribution is 0.0203. The van der Waals surface area contributed by atoms with E-state index in [2.05, 4.69) is 15.1 Å². The molecule has 2 aliphatic rings. The van der Waals surface area contributed by atoms with Gasteiger partial charge in [0, 0.05) is 36.7 Å². The van der Waals surface area contributed by atoms with E-state index in [0.29, 0.717) is 49.1 Å². The normalized spacial score (nSPS) is 16.2. The molecule has 1 aromatic carbocycles. The van der Waals surface area contributed by atoms with Gasteiger partial charge in [0.15, 0.2) is 17.4 Å². The lowest BCUT2D eigenvalue weighted by Gasteiger charge is -2.34. The molecule has 3 aromatic rings. The topological polar surface area (TPSA) is 93.8 Å². The van der Waals surface area contributed by atoms with Crippen LogP contribution >= 0.6 is 0 Å².